The highest BCUT2D eigenvalue weighted by molar-refractivity contribution is 5.69. The quantitative estimate of drug-likeness (QED) is 0.152. The zero-order valence-corrected chi connectivity index (χ0v) is 18.8. The lowest BCUT2D eigenvalue weighted by molar-refractivity contribution is -0.144. The third-order valence-electron chi connectivity index (χ3n) is 5.03. The molecule has 0 amide bonds. The van der Waals surface area contributed by atoms with E-state index in [4.69, 9.17) is 9.47 Å². The summed E-state index contributed by atoms with van der Waals surface area (Å²) < 4.78 is 10.5. The standard InChI is InChI=1S/C24H46O4/c1-3-5-7-13-17-21-27-23(25)19-15-11-9-10-12-16-20-24(26)28-22-18-14-8-6-4-2/h3-22H2,1-2H3. The average Bonchev–Trinajstić information content (AvgIpc) is 2.69. The molecule has 0 aliphatic carbocycles. The maximum Gasteiger partial charge on any atom is 0.305 e. The van der Waals surface area contributed by atoms with E-state index in [0.717, 1.165) is 64.2 Å². The van der Waals surface area contributed by atoms with Gasteiger partial charge in [0.1, 0.15) is 0 Å². The van der Waals surface area contributed by atoms with Crippen molar-refractivity contribution in [3.63, 3.8) is 0 Å². The van der Waals surface area contributed by atoms with E-state index in [1.807, 2.05) is 0 Å². The van der Waals surface area contributed by atoms with E-state index < -0.39 is 0 Å². The molecule has 0 N–H and O–H groups in total. The van der Waals surface area contributed by atoms with Crippen LogP contribution >= 0.6 is 0 Å². The van der Waals surface area contributed by atoms with Crippen LogP contribution in [-0.4, -0.2) is 25.2 Å². The molecule has 0 aromatic carbocycles. The Morgan fingerprint density at radius 3 is 1.18 bits per heavy atom. The van der Waals surface area contributed by atoms with Crippen LogP contribution < -0.4 is 0 Å². The summed E-state index contributed by atoms with van der Waals surface area (Å²) in [5.74, 6) is -0.0964. The number of carbonyl (C=O) groups is 2. The van der Waals surface area contributed by atoms with E-state index in [0.29, 0.717) is 26.1 Å². The van der Waals surface area contributed by atoms with Crippen LogP contribution in [0.2, 0.25) is 0 Å². The predicted octanol–water partition coefficient (Wildman–Crippen LogP) is 7.13. The maximum atomic E-state index is 11.6. The van der Waals surface area contributed by atoms with Gasteiger partial charge in [-0.25, -0.2) is 0 Å². The minimum atomic E-state index is -0.0482. The highest BCUT2D eigenvalue weighted by Crippen LogP contribution is 2.10. The molecule has 0 unspecified atom stereocenters. The fourth-order valence-corrected chi connectivity index (χ4v) is 3.17. The van der Waals surface area contributed by atoms with Crippen molar-refractivity contribution in [2.45, 2.75) is 129 Å². The summed E-state index contributed by atoms with van der Waals surface area (Å²) in [6, 6.07) is 0. The van der Waals surface area contributed by atoms with Gasteiger partial charge in [-0.1, -0.05) is 90.9 Å². The SMILES string of the molecule is CCCCCCCOC(=O)CCCCCCCCC(=O)OCCCCCCC. The smallest absolute Gasteiger partial charge is 0.305 e. The van der Waals surface area contributed by atoms with Gasteiger partial charge < -0.3 is 9.47 Å². The molecule has 0 atom stereocenters. The molecule has 0 fully saturated rings. The first-order chi connectivity index (χ1) is 13.7. The molecule has 0 aliphatic rings. The summed E-state index contributed by atoms with van der Waals surface area (Å²) in [4.78, 5) is 23.3. The summed E-state index contributed by atoms with van der Waals surface area (Å²) in [5, 5.41) is 0. The van der Waals surface area contributed by atoms with Gasteiger partial charge in [0.15, 0.2) is 0 Å². The molecule has 0 saturated carbocycles. The summed E-state index contributed by atoms with van der Waals surface area (Å²) in [6.45, 7) is 5.56. The van der Waals surface area contributed by atoms with Crippen molar-refractivity contribution < 1.29 is 19.1 Å². The Hall–Kier alpha value is -1.06. The molecular weight excluding hydrogens is 352 g/mol. The third-order valence-corrected chi connectivity index (χ3v) is 5.03. The topological polar surface area (TPSA) is 52.6 Å². The maximum absolute atomic E-state index is 11.6. The molecule has 0 spiro atoms. The van der Waals surface area contributed by atoms with Crippen LogP contribution in [0.25, 0.3) is 0 Å². The molecule has 0 heterocycles. The zero-order valence-electron chi connectivity index (χ0n) is 18.8. The van der Waals surface area contributed by atoms with Crippen molar-refractivity contribution in [2.24, 2.45) is 0 Å². The van der Waals surface area contributed by atoms with Gasteiger partial charge in [-0.3, -0.25) is 9.59 Å². The Labute approximate surface area is 174 Å². The highest BCUT2D eigenvalue weighted by Gasteiger charge is 2.04. The normalized spacial score (nSPS) is 10.8. The summed E-state index contributed by atoms with van der Waals surface area (Å²) in [5.41, 5.74) is 0. The highest BCUT2D eigenvalue weighted by atomic mass is 16.5. The van der Waals surface area contributed by atoms with Gasteiger partial charge in [-0.2, -0.15) is 0 Å². The molecule has 0 aromatic heterocycles. The fourth-order valence-electron chi connectivity index (χ4n) is 3.17. The first kappa shape index (κ1) is 26.9. The molecule has 166 valence electrons. The minimum Gasteiger partial charge on any atom is -0.466 e. The van der Waals surface area contributed by atoms with Crippen molar-refractivity contribution in [3.8, 4) is 0 Å². The van der Waals surface area contributed by atoms with Gasteiger partial charge in [-0.15, -0.1) is 0 Å². The number of rotatable bonds is 21. The van der Waals surface area contributed by atoms with Crippen molar-refractivity contribution in [3.05, 3.63) is 0 Å². The first-order valence-electron chi connectivity index (χ1n) is 12.0. The van der Waals surface area contributed by atoms with Crippen molar-refractivity contribution in [1.29, 1.82) is 0 Å². The van der Waals surface area contributed by atoms with E-state index in [1.54, 1.807) is 0 Å². The average molecular weight is 399 g/mol. The van der Waals surface area contributed by atoms with Crippen molar-refractivity contribution in [2.75, 3.05) is 13.2 Å². The van der Waals surface area contributed by atoms with E-state index in [2.05, 4.69) is 13.8 Å². The molecule has 0 bridgehead atoms. The monoisotopic (exact) mass is 398 g/mol. The van der Waals surface area contributed by atoms with Gasteiger partial charge in [0, 0.05) is 12.8 Å². The Bertz CT molecular complexity index is 321. The Kier molecular flexibility index (Phi) is 21.4. The molecule has 0 rings (SSSR count). The second-order valence-electron chi connectivity index (χ2n) is 7.89. The third kappa shape index (κ3) is 21.2. The number of hydrogen-bond donors (Lipinski definition) is 0. The number of unbranched alkanes of at least 4 members (excludes halogenated alkanes) is 13. The number of esters is 2. The van der Waals surface area contributed by atoms with Crippen LogP contribution in [0, 0.1) is 0 Å². The van der Waals surface area contributed by atoms with Gasteiger partial charge in [-0.05, 0) is 25.7 Å². The first-order valence-corrected chi connectivity index (χ1v) is 12.0. The fraction of sp³-hybridized carbons (Fsp3) is 0.917. The molecular formula is C24H46O4. The van der Waals surface area contributed by atoms with Crippen LogP contribution in [0.1, 0.15) is 129 Å². The van der Waals surface area contributed by atoms with Crippen LogP contribution in [-0.2, 0) is 19.1 Å². The molecule has 28 heavy (non-hydrogen) atoms. The van der Waals surface area contributed by atoms with Gasteiger partial charge in [0.05, 0.1) is 13.2 Å². The molecule has 0 aromatic rings. The molecule has 4 heteroatoms. The van der Waals surface area contributed by atoms with Crippen LogP contribution in [0.3, 0.4) is 0 Å². The van der Waals surface area contributed by atoms with E-state index in [1.165, 1.54) is 38.5 Å². The lowest BCUT2D eigenvalue weighted by atomic mass is 10.1. The predicted molar refractivity (Wildman–Crippen MR) is 116 cm³/mol. The molecule has 4 nitrogen and oxygen atoms in total. The summed E-state index contributed by atoms with van der Waals surface area (Å²) in [7, 11) is 0. The number of hydrogen-bond acceptors (Lipinski definition) is 4. The molecule has 0 aliphatic heterocycles. The van der Waals surface area contributed by atoms with Gasteiger partial charge in [0.2, 0.25) is 0 Å². The number of carbonyl (C=O) groups excluding carboxylic acids is 2. The number of ether oxygens (including phenoxy) is 2. The molecule has 0 radical (unpaired) electrons. The minimum absolute atomic E-state index is 0.0482. The van der Waals surface area contributed by atoms with Crippen molar-refractivity contribution >= 4 is 11.9 Å². The Morgan fingerprint density at radius 2 is 0.786 bits per heavy atom. The Balaban J connectivity index is 3.25. The van der Waals surface area contributed by atoms with Gasteiger partial charge in [0.25, 0.3) is 0 Å². The van der Waals surface area contributed by atoms with Gasteiger partial charge >= 0.3 is 11.9 Å². The lowest BCUT2D eigenvalue weighted by Gasteiger charge is -2.06. The van der Waals surface area contributed by atoms with E-state index in [9.17, 15) is 9.59 Å². The summed E-state index contributed by atoms with van der Waals surface area (Å²) in [6.07, 6.45) is 19.1. The second-order valence-corrected chi connectivity index (χ2v) is 7.89. The summed E-state index contributed by atoms with van der Waals surface area (Å²) >= 11 is 0. The van der Waals surface area contributed by atoms with Crippen LogP contribution in [0.15, 0.2) is 0 Å². The van der Waals surface area contributed by atoms with Crippen LogP contribution in [0.5, 0.6) is 0 Å². The largest absolute Gasteiger partial charge is 0.466 e. The van der Waals surface area contributed by atoms with Crippen molar-refractivity contribution in [1.82, 2.24) is 0 Å². The van der Waals surface area contributed by atoms with E-state index in [-0.39, 0.29) is 11.9 Å². The van der Waals surface area contributed by atoms with E-state index >= 15 is 0 Å². The zero-order chi connectivity index (χ0) is 20.7. The van der Waals surface area contributed by atoms with Crippen LogP contribution in [0.4, 0.5) is 0 Å². The lowest BCUT2D eigenvalue weighted by Crippen LogP contribution is -2.06. The molecule has 0 saturated heterocycles. The second kappa shape index (κ2) is 22.2. The Morgan fingerprint density at radius 1 is 0.464 bits per heavy atom.